The number of rotatable bonds is 6. The third kappa shape index (κ3) is 5.38. The molecule has 6 nitrogen and oxygen atoms in total. The number of nitrogens with one attached hydrogen (secondary N) is 1. The van der Waals surface area contributed by atoms with Crippen LogP contribution in [-0.4, -0.2) is 59.6 Å². The molecule has 2 amide bonds. The van der Waals surface area contributed by atoms with Gasteiger partial charge in [-0.1, -0.05) is 79.1 Å². The molecular formula is C35H38FN3O3. The molecule has 1 saturated carbocycles. The van der Waals surface area contributed by atoms with E-state index in [2.05, 4.69) is 5.32 Å². The summed E-state index contributed by atoms with van der Waals surface area (Å²) in [7, 11) is 0. The number of amides is 2. The normalized spacial score (nSPS) is 24.6. The first-order chi connectivity index (χ1) is 20.4. The number of hydrogen-bond acceptors (Lipinski definition) is 4. The molecule has 7 heteroatoms. The summed E-state index contributed by atoms with van der Waals surface area (Å²) in [6, 6.07) is 21.8. The average molecular weight is 568 g/mol. The Morgan fingerprint density at radius 2 is 1.50 bits per heavy atom. The van der Waals surface area contributed by atoms with E-state index in [0.29, 0.717) is 37.3 Å². The van der Waals surface area contributed by atoms with Gasteiger partial charge in [-0.05, 0) is 49.1 Å². The largest absolute Gasteiger partial charge is 0.338 e. The summed E-state index contributed by atoms with van der Waals surface area (Å²) in [5, 5.41) is 3.31. The van der Waals surface area contributed by atoms with Gasteiger partial charge in [0.25, 0.3) is 0 Å². The minimum atomic E-state index is -0.884. The number of hydrogen-bond donors (Lipinski definition) is 1. The Balaban J connectivity index is 1.58. The molecule has 0 bridgehead atoms. The highest BCUT2D eigenvalue weighted by Gasteiger charge is 2.58. The van der Waals surface area contributed by atoms with Crippen molar-refractivity contribution in [3.8, 4) is 0 Å². The standard InChI is InChI=1S/C35H38FN3O3/c1-23-8-7-13-27(22-23)33(40)30-29(24-14-16-28(36)17-15-24)32(35(42)38-20-18-37-19-21-38)39(34(41)26-11-5-6-12-26)31(30)25-9-3-2-4-10-25/h2-4,7-10,13-17,22,26,29-32,37H,5-6,11-12,18-21H2,1H3. The van der Waals surface area contributed by atoms with Gasteiger partial charge in [0.2, 0.25) is 11.8 Å². The second kappa shape index (κ2) is 12.2. The van der Waals surface area contributed by atoms with Gasteiger partial charge in [0, 0.05) is 43.6 Å². The van der Waals surface area contributed by atoms with E-state index in [1.807, 2.05) is 66.4 Å². The molecule has 3 aromatic rings. The Hall–Kier alpha value is -3.84. The molecule has 3 aliphatic rings. The molecule has 1 N–H and O–H groups in total. The summed E-state index contributed by atoms with van der Waals surface area (Å²) >= 11 is 0. The summed E-state index contributed by atoms with van der Waals surface area (Å²) < 4.78 is 14.2. The zero-order chi connectivity index (χ0) is 29.2. The van der Waals surface area contributed by atoms with Gasteiger partial charge in [-0.2, -0.15) is 0 Å². The average Bonchev–Trinajstić information content (AvgIpc) is 3.69. The number of carbonyl (C=O) groups excluding carboxylic acids is 3. The maximum atomic E-state index is 14.7. The summed E-state index contributed by atoms with van der Waals surface area (Å²) in [4.78, 5) is 47.6. The fourth-order valence-electron chi connectivity index (χ4n) is 7.30. The van der Waals surface area contributed by atoms with E-state index in [1.54, 1.807) is 17.0 Å². The molecule has 0 aromatic heterocycles. The van der Waals surface area contributed by atoms with Crippen LogP contribution in [0.2, 0.25) is 0 Å². The molecule has 0 spiro atoms. The summed E-state index contributed by atoms with van der Waals surface area (Å²) in [5.74, 6) is -2.25. The Bertz CT molecular complexity index is 1430. The molecule has 4 unspecified atom stereocenters. The number of nitrogens with zero attached hydrogens (tertiary/aromatic N) is 2. The number of carbonyl (C=O) groups is 3. The zero-order valence-electron chi connectivity index (χ0n) is 24.0. The van der Waals surface area contributed by atoms with Crippen molar-refractivity contribution in [1.29, 1.82) is 0 Å². The molecule has 1 aliphatic carbocycles. The Morgan fingerprint density at radius 1 is 0.810 bits per heavy atom. The van der Waals surface area contributed by atoms with Gasteiger partial charge in [0.15, 0.2) is 5.78 Å². The van der Waals surface area contributed by atoms with Crippen molar-refractivity contribution in [3.05, 3.63) is 107 Å². The number of Topliss-reactive ketones (excluding diaryl/α,β-unsaturated/α-hetero) is 1. The Morgan fingerprint density at radius 3 is 2.17 bits per heavy atom. The highest BCUT2D eigenvalue weighted by molar-refractivity contribution is 6.02. The molecule has 3 fully saturated rings. The second-order valence-corrected chi connectivity index (χ2v) is 11.9. The molecule has 4 atom stereocenters. The third-order valence-electron chi connectivity index (χ3n) is 9.31. The molecule has 3 aromatic carbocycles. The van der Waals surface area contributed by atoms with Gasteiger partial charge >= 0.3 is 0 Å². The highest BCUT2D eigenvalue weighted by Crippen LogP contribution is 2.52. The van der Waals surface area contributed by atoms with E-state index in [9.17, 15) is 18.8 Å². The van der Waals surface area contributed by atoms with Crippen molar-refractivity contribution >= 4 is 17.6 Å². The van der Waals surface area contributed by atoms with E-state index in [1.165, 1.54) is 12.1 Å². The first-order valence-corrected chi connectivity index (χ1v) is 15.2. The fourth-order valence-corrected chi connectivity index (χ4v) is 7.30. The number of benzene rings is 3. The van der Waals surface area contributed by atoms with E-state index < -0.39 is 23.9 Å². The molecule has 218 valence electrons. The number of aryl methyl sites for hydroxylation is 1. The van der Waals surface area contributed by atoms with Gasteiger partial charge in [0.05, 0.1) is 12.0 Å². The van der Waals surface area contributed by atoms with Crippen LogP contribution in [0.5, 0.6) is 0 Å². The van der Waals surface area contributed by atoms with Crippen LogP contribution < -0.4 is 5.32 Å². The van der Waals surface area contributed by atoms with Crippen molar-refractivity contribution < 1.29 is 18.8 Å². The topological polar surface area (TPSA) is 69.7 Å². The quantitative estimate of drug-likeness (QED) is 0.411. The van der Waals surface area contributed by atoms with Crippen LogP contribution >= 0.6 is 0 Å². The third-order valence-corrected chi connectivity index (χ3v) is 9.31. The van der Waals surface area contributed by atoms with Crippen LogP contribution in [0, 0.1) is 24.6 Å². The van der Waals surface area contributed by atoms with E-state index >= 15 is 0 Å². The molecular weight excluding hydrogens is 529 g/mol. The predicted molar refractivity (Wildman–Crippen MR) is 159 cm³/mol. The summed E-state index contributed by atoms with van der Waals surface area (Å²) in [5.41, 5.74) is 3.04. The van der Waals surface area contributed by atoms with Gasteiger partial charge in [-0.3, -0.25) is 14.4 Å². The van der Waals surface area contributed by atoms with E-state index in [-0.39, 0.29) is 29.3 Å². The first-order valence-electron chi connectivity index (χ1n) is 15.2. The summed E-state index contributed by atoms with van der Waals surface area (Å²) in [6.07, 6.45) is 3.51. The predicted octanol–water partition coefficient (Wildman–Crippen LogP) is 5.29. The van der Waals surface area contributed by atoms with Crippen LogP contribution in [0.15, 0.2) is 78.9 Å². The lowest BCUT2D eigenvalue weighted by atomic mass is 9.75. The molecule has 6 rings (SSSR count). The lowest BCUT2D eigenvalue weighted by molar-refractivity contribution is -0.148. The monoisotopic (exact) mass is 567 g/mol. The van der Waals surface area contributed by atoms with Crippen LogP contribution in [0.4, 0.5) is 4.39 Å². The fraction of sp³-hybridized carbons (Fsp3) is 0.400. The first kappa shape index (κ1) is 28.3. The van der Waals surface area contributed by atoms with Crippen molar-refractivity contribution in [3.63, 3.8) is 0 Å². The number of likely N-dealkylation sites (tertiary alicyclic amines) is 1. The summed E-state index contributed by atoms with van der Waals surface area (Å²) in [6.45, 7) is 4.35. The van der Waals surface area contributed by atoms with Crippen molar-refractivity contribution in [1.82, 2.24) is 15.1 Å². The molecule has 2 saturated heterocycles. The van der Waals surface area contributed by atoms with E-state index in [4.69, 9.17) is 0 Å². The van der Waals surface area contributed by atoms with Crippen molar-refractivity contribution in [2.24, 2.45) is 11.8 Å². The van der Waals surface area contributed by atoms with Crippen LogP contribution in [0.1, 0.15) is 64.7 Å². The maximum Gasteiger partial charge on any atom is 0.246 e. The zero-order valence-corrected chi connectivity index (χ0v) is 24.0. The van der Waals surface area contributed by atoms with Crippen LogP contribution in [0.25, 0.3) is 0 Å². The highest BCUT2D eigenvalue weighted by atomic mass is 19.1. The lowest BCUT2D eigenvalue weighted by Gasteiger charge is -2.37. The smallest absolute Gasteiger partial charge is 0.246 e. The SMILES string of the molecule is Cc1cccc(C(=O)C2C(c3ccc(F)cc3)C(C(=O)N3CCNCC3)N(C(=O)C3CCCC3)C2c2ccccc2)c1. The molecule has 42 heavy (non-hydrogen) atoms. The van der Waals surface area contributed by atoms with Gasteiger partial charge < -0.3 is 15.1 Å². The maximum absolute atomic E-state index is 14.7. The second-order valence-electron chi connectivity index (χ2n) is 11.9. The van der Waals surface area contributed by atoms with Gasteiger partial charge in [-0.25, -0.2) is 4.39 Å². The van der Waals surface area contributed by atoms with Crippen LogP contribution in [0.3, 0.4) is 0 Å². The van der Waals surface area contributed by atoms with E-state index in [0.717, 1.165) is 36.8 Å². The van der Waals surface area contributed by atoms with Crippen molar-refractivity contribution in [2.45, 2.75) is 50.6 Å². The van der Waals surface area contributed by atoms with Crippen molar-refractivity contribution in [2.75, 3.05) is 26.2 Å². The van der Waals surface area contributed by atoms with Gasteiger partial charge in [0.1, 0.15) is 11.9 Å². The minimum Gasteiger partial charge on any atom is -0.338 e. The molecule has 2 heterocycles. The number of halogens is 1. The lowest BCUT2D eigenvalue weighted by Crippen LogP contribution is -2.55. The molecule has 2 aliphatic heterocycles. The number of piperazine rings is 1. The number of ketones is 1. The Labute approximate surface area is 246 Å². The molecule has 0 radical (unpaired) electrons. The minimum absolute atomic E-state index is 0.0542. The Kier molecular flexibility index (Phi) is 8.20. The van der Waals surface area contributed by atoms with Gasteiger partial charge in [-0.15, -0.1) is 0 Å². The van der Waals surface area contributed by atoms with Crippen LogP contribution in [-0.2, 0) is 9.59 Å².